The lowest BCUT2D eigenvalue weighted by atomic mass is 10.2. The second-order valence-electron chi connectivity index (χ2n) is 4.61. The van der Waals surface area contributed by atoms with Crippen LogP contribution in [0.4, 0.5) is 5.13 Å². The van der Waals surface area contributed by atoms with E-state index in [2.05, 4.69) is 32.9 Å². The molecule has 3 N–H and O–H groups in total. The highest BCUT2D eigenvalue weighted by Crippen LogP contribution is 2.28. The molecule has 1 heterocycles. The Balaban J connectivity index is 1.80. The predicted molar refractivity (Wildman–Crippen MR) is 96.0 cm³/mol. The summed E-state index contributed by atoms with van der Waals surface area (Å²) in [6, 6.07) is 8.65. The molecule has 0 unspecified atom stereocenters. The van der Waals surface area contributed by atoms with E-state index in [0.29, 0.717) is 21.6 Å². The summed E-state index contributed by atoms with van der Waals surface area (Å²) in [4.78, 5) is 23.9. The average molecular weight is 363 g/mol. The Kier molecular flexibility index (Phi) is 6.76. The number of anilines is 1. The third-order valence-electron chi connectivity index (χ3n) is 2.79. The van der Waals surface area contributed by atoms with E-state index < -0.39 is 5.25 Å². The number of hydrogen-bond donors (Lipinski definition) is 3. The molecule has 0 aliphatic carbocycles. The molecule has 7 nitrogen and oxygen atoms in total. The van der Waals surface area contributed by atoms with Gasteiger partial charge in [-0.05, 0) is 19.1 Å². The Hall–Kier alpha value is -2.39. The normalized spacial score (nSPS) is 11.4. The van der Waals surface area contributed by atoms with Gasteiger partial charge in [0, 0.05) is 12.1 Å². The minimum Gasteiger partial charge on any atom is -0.357 e. The second-order valence-corrected chi connectivity index (χ2v) is 7.18. The van der Waals surface area contributed by atoms with Gasteiger partial charge in [-0.25, -0.2) is 0 Å². The number of carbonyl (C=O) groups excluding carboxylic acids is 2. The number of carbonyl (C=O) groups is 2. The summed E-state index contributed by atoms with van der Waals surface area (Å²) in [6.45, 7) is 5.94. The Morgan fingerprint density at radius 2 is 2.04 bits per heavy atom. The first-order valence-corrected chi connectivity index (χ1v) is 8.80. The number of nitrogens with one attached hydrogen (secondary N) is 3. The summed E-state index contributed by atoms with van der Waals surface area (Å²) in [5.41, 5.74) is 5.27. The van der Waals surface area contributed by atoms with Crippen LogP contribution in [0.2, 0.25) is 0 Å². The topological polar surface area (TPSA) is 96.0 Å². The van der Waals surface area contributed by atoms with Crippen LogP contribution in [0.15, 0.2) is 47.3 Å². The fourth-order valence-corrected chi connectivity index (χ4v) is 3.48. The van der Waals surface area contributed by atoms with Crippen molar-refractivity contribution in [3.8, 4) is 0 Å². The van der Waals surface area contributed by atoms with Crippen molar-refractivity contribution in [3.63, 3.8) is 0 Å². The zero-order chi connectivity index (χ0) is 17.4. The Labute approximate surface area is 147 Å². The Morgan fingerprint density at radius 1 is 1.29 bits per heavy atom. The van der Waals surface area contributed by atoms with Crippen molar-refractivity contribution in [3.05, 3.63) is 48.6 Å². The van der Waals surface area contributed by atoms with Gasteiger partial charge in [-0.15, -0.1) is 16.8 Å². The van der Waals surface area contributed by atoms with E-state index >= 15 is 0 Å². The molecule has 0 saturated heterocycles. The van der Waals surface area contributed by atoms with Gasteiger partial charge in [-0.2, -0.15) is 0 Å². The van der Waals surface area contributed by atoms with Crippen LogP contribution in [0, 0.1) is 0 Å². The van der Waals surface area contributed by atoms with Gasteiger partial charge in [0.25, 0.3) is 11.8 Å². The lowest BCUT2D eigenvalue weighted by Gasteiger charge is -2.11. The highest BCUT2D eigenvalue weighted by molar-refractivity contribution is 8.02. The molecule has 0 saturated carbocycles. The van der Waals surface area contributed by atoms with E-state index in [-0.39, 0.29) is 11.8 Å². The first-order valence-electron chi connectivity index (χ1n) is 7.10. The number of hydrazine groups is 1. The quantitative estimate of drug-likeness (QED) is 0.396. The summed E-state index contributed by atoms with van der Waals surface area (Å²) in [6.07, 6.45) is 1.72. The Morgan fingerprint density at radius 3 is 2.75 bits per heavy atom. The monoisotopic (exact) mass is 363 g/mol. The SMILES string of the molecule is C=CCNc1nnc(S[C@@H](C)C(=O)NNC(=O)c2ccccc2)s1. The van der Waals surface area contributed by atoms with Crippen LogP contribution in [0.5, 0.6) is 0 Å². The fraction of sp³-hybridized carbons (Fsp3) is 0.200. The highest BCUT2D eigenvalue weighted by Gasteiger charge is 2.18. The molecule has 0 radical (unpaired) electrons. The lowest BCUT2D eigenvalue weighted by Crippen LogP contribution is -2.44. The third kappa shape index (κ3) is 5.36. The lowest BCUT2D eigenvalue weighted by molar-refractivity contribution is -0.121. The molecule has 0 aliphatic heterocycles. The van der Waals surface area contributed by atoms with Crippen LogP contribution < -0.4 is 16.2 Å². The van der Waals surface area contributed by atoms with Crippen LogP contribution in [0.3, 0.4) is 0 Å². The summed E-state index contributed by atoms with van der Waals surface area (Å²) in [7, 11) is 0. The van der Waals surface area contributed by atoms with Crippen molar-refractivity contribution in [2.75, 3.05) is 11.9 Å². The van der Waals surface area contributed by atoms with Gasteiger partial charge >= 0.3 is 0 Å². The fourth-order valence-electron chi connectivity index (χ4n) is 1.57. The molecular weight excluding hydrogens is 346 g/mol. The summed E-state index contributed by atoms with van der Waals surface area (Å²) in [5, 5.41) is 11.2. The van der Waals surface area contributed by atoms with E-state index in [9.17, 15) is 9.59 Å². The predicted octanol–water partition coefficient (Wildman–Crippen LogP) is 2.08. The van der Waals surface area contributed by atoms with Crippen LogP contribution in [-0.2, 0) is 4.79 Å². The zero-order valence-electron chi connectivity index (χ0n) is 13.0. The maximum atomic E-state index is 12.0. The van der Waals surface area contributed by atoms with Gasteiger partial charge < -0.3 is 5.32 Å². The first-order chi connectivity index (χ1) is 11.6. The minimum atomic E-state index is -0.429. The molecule has 2 rings (SSSR count). The van der Waals surface area contributed by atoms with E-state index in [1.165, 1.54) is 23.1 Å². The van der Waals surface area contributed by atoms with Crippen molar-refractivity contribution >= 4 is 40.0 Å². The molecule has 0 aliphatic rings. The van der Waals surface area contributed by atoms with Crippen molar-refractivity contribution in [2.24, 2.45) is 0 Å². The van der Waals surface area contributed by atoms with E-state index in [1.54, 1.807) is 37.3 Å². The smallest absolute Gasteiger partial charge is 0.269 e. The maximum absolute atomic E-state index is 12.0. The molecule has 2 aromatic rings. The van der Waals surface area contributed by atoms with Crippen LogP contribution in [0.1, 0.15) is 17.3 Å². The molecular formula is C15H17N5O2S2. The molecule has 0 bridgehead atoms. The molecule has 9 heteroatoms. The number of benzene rings is 1. The Bertz CT molecular complexity index is 705. The van der Waals surface area contributed by atoms with Crippen molar-refractivity contribution in [1.29, 1.82) is 0 Å². The standard InChI is InChI=1S/C15H17N5O2S2/c1-3-9-16-14-19-20-15(24-14)23-10(2)12(21)17-18-13(22)11-7-5-4-6-8-11/h3-8,10H,1,9H2,2H3,(H,16,19)(H,17,21)(H,18,22)/t10-/m0/s1. The number of thioether (sulfide) groups is 1. The van der Waals surface area contributed by atoms with Gasteiger partial charge in [-0.3, -0.25) is 20.4 Å². The van der Waals surface area contributed by atoms with E-state index in [0.717, 1.165) is 0 Å². The van der Waals surface area contributed by atoms with Crippen LogP contribution in [0.25, 0.3) is 0 Å². The van der Waals surface area contributed by atoms with Crippen LogP contribution in [-0.4, -0.2) is 33.8 Å². The molecule has 126 valence electrons. The molecule has 0 fully saturated rings. The number of rotatable bonds is 7. The van der Waals surface area contributed by atoms with Crippen molar-refractivity contribution in [2.45, 2.75) is 16.5 Å². The van der Waals surface area contributed by atoms with Gasteiger partial charge in [0.2, 0.25) is 5.13 Å². The molecule has 1 aromatic heterocycles. The molecule has 24 heavy (non-hydrogen) atoms. The number of amides is 2. The van der Waals surface area contributed by atoms with Gasteiger partial charge in [-0.1, -0.05) is 47.4 Å². The van der Waals surface area contributed by atoms with E-state index in [4.69, 9.17) is 0 Å². The molecule has 0 spiro atoms. The molecule has 1 atom stereocenters. The largest absolute Gasteiger partial charge is 0.357 e. The van der Waals surface area contributed by atoms with Crippen LogP contribution >= 0.6 is 23.1 Å². The molecule has 2 amide bonds. The van der Waals surface area contributed by atoms with Gasteiger partial charge in [0.1, 0.15) is 0 Å². The third-order valence-corrected chi connectivity index (χ3v) is 4.85. The molecule has 1 aromatic carbocycles. The summed E-state index contributed by atoms with van der Waals surface area (Å²) in [5.74, 6) is -0.687. The summed E-state index contributed by atoms with van der Waals surface area (Å²) >= 11 is 2.62. The van der Waals surface area contributed by atoms with E-state index in [1.807, 2.05) is 6.07 Å². The average Bonchev–Trinajstić information content (AvgIpc) is 3.05. The number of hydrogen-bond acceptors (Lipinski definition) is 7. The van der Waals surface area contributed by atoms with Gasteiger partial charge in [0.15, 0.2) is 4.34 Å². The van der Waals surface area contributed by atoms with Crippen molar-refractivity contribution in [1.82, 2.24) is 21.0 Å². The summed E-state index contributed by atoms with van der Waals surface area (Å²) < 4.78 is 0.665. The first kappa shape index (κ1) is 18.0. The zero-order valence-corrected chi connectivity index (χ0v) is 14.6. The second kappa shape index (κ2) is 9.04. The van der Waals surface area contributed by atoms with Crippen molar-refractivity contribution < 1.29 is 9.59 Å². The maximum Gasteiger partial charge on any atom is 0.269 e. The van der Waals surface area contributed by atoms with Gasteiger partial charge in [0.05, 0.1) is 5.25 Å². The highest BCUT2D eigenvalue weighted by atomic mass is 32.2. The minimum absolute atomic E-state index is 0.319. The number of aromatic nitrogens is 2. The number of nitrogens with zero attached hydrogens (tertiary/aromatic N) is 2.